The highest BCUT2D eigenvalue weighted by Gasteiger charge is 2.02. The van der Waals surface area contributed by atoms with E-state index in [9.17, 15) is 4.79 Å². The molecule has 0 radical (unpaired) electrons. The molecule has 1 rings (SSSR count). The number of ether oxygens (including phenoxy) is 1. The Bertz CT molecular complexity index is 396. The van der Waals surface area contributed by atoms with Crippen LogP contribution in [-0.2, 0) is 4.79 Å². The van der Waals surface area contributed by atoms with Gasteiger partial charge in [-0.1, -0.05) is 11.6 Å². The molecule has 0 bridgehead atoms. The van der Waals surface area contributed by atoms with Crippen LogP contribution in [0.3, 0.4) is 0 Å². The summed E-state index contributed by atoms with van der Waals surface area (Å²) in [6.07, 6.45) is 0. The molecule has 0 saturated carbocycles. The highest BCUT2D eigenvalue weighted by Crippen LogP contribution is 2.21. The van der Waals surface area contributed by atoms with Crippen LogP contribution >= 0.6 is 11.6 Å². The lowest BCUT2D eigenvalue weighted by atomic mass is 10.2. The number of benzene rings is 1. The fourth-order valence-corrected chi connectivity index (χ4v) is 1.42. The van der Waals surface area contributed by atoms with Gasteiger partial charge in [0, 0.05) is 18.1 Å². The van der Waals surface area contributed by atoms with Crippen molar-refractivity contribution in [2.75, 3.05) is 32.9 Å². The number of aliphatic carboxylic acids is 1. The zero-order valence-electron chi connectivity index (χ0n) is 11.3. The van der Waals surface area contributed by atoms with E-state index in [0.717, 1.165) is 5.56 Å². The third-order valence-corrected chi connectivity index (χ3v) is 2.30. The molecular formula is C13H20ClNO5. The Morgan fingerprint density at radius 2 is 1.90 bits per heavy atom. The molecular weight excluding hydrogens is 286 g/mol. The summed E-state index contributed by atoms with van der Waals surface area (Å²) in [7, 11) is 0. The molecule has 0 aliphatic rings. The molecule has 20 heavy (non-hydrogen) atoms. The molecule has 1 aromatic rings. The summed E-state index contributed by atoms with van der Waals surface area (Å²) >= 11 is 5.71. The lowest BCUT2D eigenvalue weighted by Crippen LogP contribution is -2.21. The molecule has 7 heteroatoms. The topological polar surface area (TPSA) is 99.0 Å². The number of hydrogen-bond acceptors (Lipinski definition) is 5. The van der Waals surface area contributed by atoms with Crippen molar-refractivity contribution in [3.8, 4) is 5.75 Å². The van der Waals surface area contributed by atoms with Gasteiger partial charge in [-0.25, -0.2) is 4.79 Å². The van der Waals surface area contributed by atoms with Gasteiger partial charge < -0.3 is 25.4 Å². The van der Waals surface area contributed by atoms with E-state index in [1.807, 2.05) is 6.92 Å². The first kappa shape index (κ1) is 18.7. The van der Waals surface area contributed by atoms with E-state index in [1.165, 1.54) is 0 Å². The molecule has 0 amide bonds. The summed E-state index contributed by atoms with van der Waals surface area (Å²) in [5, 5.41) is 28.1. The van der Waals surface area contributed by atoms with Crippen LogP contribution < -0.4 is 10.1 Å². The molecule has 0 aliphatic carbocycles. The first-order valence-corrected chi connectivity index (χ1v) is 6.42. The Labute approximate surface area is 123 Å². The van der Waals surface area contributed by atoms with Gasteiger partial charge in [-0.15, -0.1) is 0 Å². The van der Waals surface area contributed by atoms with Crippen LogP contribution in [0.25, 0.3) is 0 Å². The number of carbonyl (C=O) groups is 1. The SMILES string of the molecule is Cc1cc(Cl)ccc1OCC(=O)O.OCCNCCO. The average Bonchev–Trinajstić information content (AvgIpc) is 2.39. The smallest absolute Gasteiger partial charge is 0.341 e. The van der Waals surface area contributed by atoms with Crippen molar-refractivity contribution in [2.45, 2.75) is 6.92 Å². The number of nitrogens with one attached hydrogen (secondary N) is 1. The van der Waals surface area contributed by atoms with Gasteiger partial charge in [0.1, 0.15) is 5.75 Å². The monoisotopic (exact) mass is 305 g/mol. The highest BCUT2D eigenvalue weighted by molar-refractivity contribution is 6.30. The van der Waals surface area contributed by atoms with Crippen LogP contribution in [-0.4, -0.2) is 54.2 Å². The maximum Gasteiger partial charge on any atom is 0.341 e. The standard InChI is InChI=1S/C9H9ClO3.C4H11NO2/c1-6-4-7(10)2-3-8(6)13-5-9(11)12;6-3-1-5-2-4-7/h2-4H,5H2,1H3,(H,11,12);5-7H,1-4H2. The van der Waals surface area contributed by atoms with Crippen molar-refractivity contribution in [2.24, 2.45) is 0 Å². The third-order valence-electron chi connectivity index (χ3n) is 2.07. The van der Waals surface area contributed by atoms with E-state index in [0.29, 0.717) is 23.9 Å². The first-order valence-electron chi connectivity index (χ1n) is 6.04. The van der Waals surface area contributed by atoms with Crippen LogP contribution in [0.4, 0.5) is 0 Å². The van der Waals surface area contributed by atoms with E-state index in [-0.39, 0.29) is 19.8 Å². The van der Waals surface area contributed by atoms with Crippen molar-refractivity contribution in [3.63, 3.8) is 0 Å². The molecule has 0 spiro atoms. The maximum absolute atomic E-state index is 10.2. The molecule has 1 aromatic carbocycles. The summed E-state index contributed by atoms with van der Waals surface area (Å²) < 4.78 is 5.00. The predicted molar refractivity (Wildman–Crippen MR) is 76.4 cm³/mol. The number of aryl methyl sites for hydroxylation is 1. The Morgan fingerprint density at radius 1 is 1.30 bits per heavy atom. The Kier molecular flexibility index (Phi) is 10.7. The van der Waals surface area contributed by atoms with E-state index >= 15 is 0 Å². The minimum absolute atomic E-state index is 0.139. The molecule has 0 aromatic heterocycles. The second-order valence-corrected chi connectivity index (χ2v) is 4.23. The van der Waals surface area contributed by atoms with Gasteiger partial charge in [0.25, 0.3) is 0 Å². The predicted octanol–water partition coefficient (Wildman–Crippen LogP) is 0.672. The van der Waals surface area contributed by atoms with Gasteiger partial charge in [0.2, 0.25) is 0 Å². The Morgan fingerprint density at radius 3 is 2.35 bits per heavy atom. The Balaban J connectivity index is 0.000000441. The van der Waals surface area contributed by atoms with Crippen molar-refractivity contribution >= 4 is 17.6 Å². The van der Waals surface area contributed by atoms with Gasteiger partial charge in [-0.2, -0.15) is 0 Å². The molecule has 0 heterocycles. The quantitative estimate of drug-likeness (QED) is 0.553. The van der Waals surface area contributed by atoms with Crippen molar-refractivity contribution < 1.29 is 24.9 Å². The van der Waals surface area contributed by atoms with E-state index in [2.05, 4.69) is 5.32 Å². The Hall–Kier alpha value is -1.34. The molecule has 4 N–H and O–H groups in total. The number of aliphatic hydroxyl groups is 2. The summed E-state index contributed by atoms with van der Waals surface area (Å²) in [5.74, 6) is -0.443. The summed E-state index contributed by atoms with van der Waals surface area (Å²) in [4.78, 5) is 10.2. The molecule has 0 fully saturated rings. The molecule has 0 aliphatic heterocycles. The lowest BCUT2D eigenvalue weighted by Gasteiger charge is -2.06. The number of halogens is 1. The van der Waals surface area contributed by atoms with Gasteiger partial charge in [0.05, 0.1) is 13.2 Å². The van der Waals surface area contributed by atoms with Crippen LogP contribution in [0.15, 0.2) is 18.2 Å². The van der Waals surface area contributed by atoms with Crippen molar-refractivity contribution in [3.05, 3.63) is 28.8 Å². The molecule has 114 valence electrons. The lowest BCUT2D eigenvalue weighted by molar-refractivity contribution is -0.139. The van der Waals surface area contributed by atoms with Crippen molar-refractivity contribution in [1.29, 1.82) is 0 Å². The number of rotatable bonds is 7. The number of carboxylic acids is 1. The summed E-state index contributed by atoms with van der Waals surface area (Å²) in [6, 6.07) is 5.03. The molecule has 6 nitrogen and oxygen atoms in total. The molecule has 0 saturated heterocycles. The summed E-state index contributed by atoms with van der Waals surface area (Å²) in [5.41, 5.74) is 0.828. The number of carboxylic acid groups (broad SMARTS) is 1. The summed E-state index contributed by atoms with van der Waals surface area (Å²) in [6.45, 7) is 2.90. The fraction of sp³-hybridized carbons (Fsp3) is 0.462. The third kappa shape index (κ3) is 9.57. The van der Waals surface area contributed by atoms with Gasteiger partial charge >= 0.3 is 5.97 Å². The van der Waals surface area contributed by atoms with E-state index < -0.39 is 5.97 Å². The van der Waals surface area contributed by atoms with E-state index in [1.54, 1.807) is 18.2 Å². The second kappa shape index (κ2) is 11.5. The average molecular weight is 306 g/mol. The second-order valence-electron chi connectivity index (χ2n) is 3.79. The number of hydrogen-bond donors (Lipinski definition) is 4. The van der Waals surface area contributed by atoms with Crippen LogP contribution in [0.1, 0.15) is 5.56 Å². The van der Waals surface area contributed by atoms with E-state index in [4.69, 9.17) is 31.7 Å². The molecule has 0 unspecified atom stereocenters. The van der Waals surface area contributed by atoms with Gasteiger partial charge in [0.15, 0.2) is 6.61 Å². The normalized spacial score (nSPS) is 9.60. The number of aliphatic hydroxyl groups excluding tert-OH is 2. The van der Waals surface area contributed by atoms with Crippen molar-refractivity contribution in [1.82, 2.24) is 5.32 Å². The largest absolute Gasteiger partial charge is 0.482 e. The van der Waals surface area contributed by atoms with Gasteiger partial charge in [-0.3, -0.25) is 0 Å². The molecule has 0 atom stereocenters. The zero-order valence-corrected chi connectivity index (χ0v) is 12.1. The minimum atomic E-state index is -0.991. The van der Waals surface area contributed by atoms with Gasteiger partial charge in [-0.05, 0) is 30.7 Å². The zero-order chi connectivity index (χ0) is 15.4. The van der Waals surface area contributed by atoms with Crippen LogP contribution in [0.2, 0.25) is 5.02 Å². The minimum Gasteiger partial charge on any atom is -0.482 e. The van der Waals surface area contributed by atoms with Crippen LogP contribution in [0.5, 0.6) is 5.75 Å². The van der Waals surface area contributed by atoms with Crippen LogP contribution in [0, 0.1) is 6.92 Å². The first-order chi connectivity index (χ1) is 9.51. The fourth-order valence-electron chi connectivity index (χ4n) is 1.20. The highest BCUT2D eigenvalue weighted by atomic mass is 35.5. The maximum atomic E-state index is 10.2.